The number of hydrogen-bond donors (Lipinski definition) is 2. The zero-order valence-corrected chi connectivity index (χ0v) is 13.2. The molecule has 118 valence electrons. The van der Waals surface area contributed by atoms with E-state index in [1.165, 1.54) is 6.42 Å². The Bertz CT molecular complexity index is 443. The zero-order valence-electron chi connectivity index (χ0n) is 13.2. The van der Waals surface area contributed by atoms with Gasteiger partial charge in [0.05, 0.1) is 11.7 Å². The van der Waals surface area contributed by atoms with Gasteiger partial charge in [0, 0.05) is 12.4 Å². The summed E-state index contributed by atoms with van der Waals surface area (Å²) in [5.41, 5.74) is 6.26. The minimum atomic E-state index is -0.779. The number of carbonyl (C=O) groups is 1. The molecule has 3 saturated carbocycles. The van der Waals surface area contributed by atoms with Crippen molar-refractivity contribution in [2.75, 3.05) is 0 Å². The minimum Gasteiger partial charge on any atom is -0.481 e. The number of carboxylic acids is 1. The van der Waals surface area contributed by atoms with E-state index in [0.29, 0.717) is 24.2 Å². The summed E-state index contributed by atoms with van der Waals surface area (Å²) in [7, 11) is -0.385. The Hall–Kier alpha value is -0.585. The lowest BCUT2D eigenvalue weighted by atomic mass is 9.43. The second-order valence-corrected chi connectivity index (χ2v) is 7.79. The third-order valence-corrected chi connectivity index (χ3v) is 6.25. The van der Waals surface area contributed by atoms with Gasteiger partial charge in [-0.15, -0.1) is 0 Å². The maximum Gasteiger partial charge on any atom is 0.475 e. The summed E-state index contributed by atoms with van der Waals surface area (Å²) in [4.78, 5) is 10.6. The standard InChI is InChI=1S/C15H26BNO4/c1-14(2)9-7-10(14)15(3)11(8-9)20-16(21-15)12(17)5-4-6-13(18)19/h9-12H,4-8,17H2,1-3H3,(H,18,19)/t9-,10-,11+,12-,15-/m0/s1. The van der Waals surface area contributed by atoms with Gasteiger partial charge in [-0.2, -0.15) is 0 Å². The Morgan fingerprint density at radius 2 is 2.14 bits per heavy atom. The average Bonchev–Trinajstić information content (AvgIpc) is 2.74. The monoisotopic (exact) mass is 295 g/mol. The number of aliphatic carboxylic acids is 1. The van der Waals surface area contributed by atoms with Gasteiger partial charge >= 0.3 is 13.1 Å². The van der Waals surface area contributed by atoms with Crippen molar-refractivity contribution in [2.24, 2.45) is 23.0 Å². The summed E-state index contributed by atoms with van der Waals surface area (Å²) >= 11 is 0. The first-order valence-corrected chi connectivity index (χ1v) is 8.06. The fourth-order valence-electron chi connectivity index (χ4n) is 4.71. The van der Waals surface area contributed by atoms with Crippen molar-refractivity contribution >= 4 is 13.1 Å². The predicted octanol–water partition coefficient (Wildman–Crippen LogP) is 1.84. The van der Waals surface area contributed by atoms with Crippen LogP contribution < -0.4 is 5.73 Å². The first-order chi connectivity index (χ1) is 9.75. The molecule has 6 heteroatoms. The first-order valence-electron chi connectivity index (χ1n) is 8.06. The molecule has 0 aromatic carbocycles. The largest absolute Gasteiger partial charge is 0.481 e. The van der Waals surface area contributed by atoms with Crippen LogP contribution in [0.25, 0.3) is 0 Å². The Kier molecular flexibility index (Phi) is 3.62. The first kappa shape index (κ1) is 15.3. The van der Waals surface area contributed by atoms with Gasteiger partial charge in [0.1, 0.15) is 0 Å². The molecule has 21 heavy (non-hydrogen) atoms. The van der Waals surface area contributed by atoms with Crippen molar-refractivity contribution in [3.63, 3.8) is 0 Å². The molecule has 3 aliphatic carbocycles. The number of hydrogen-bond acceptors (Lipinski definition) is 4. The molecule has 0 spiro atoms. The molecule has 4 fully saturated rings. The van der Waals surface area contributed by atoms with E-state index in [1.54, 1.807) is 0 Å². The molecule has 0 amide bonds. The van der Waals surface area contributed by atoms with Crippen LogP contribution in [0.3, 0.4) is 0 Å². The second-order valence-electron chi connectivity index (χ2n) is 7.79. The van der Waals surface area contributed by atoms with E-state index in [-0.39, 0.29) is 31.2 Å². The molecule has 0 aromatic rings. The van der Waals surface area contributed by atoms with Crippen molar-refractivity contribution in [3.05, 3.63) is 0 Å². The van der Waals surface area contributed by atoms with Gasteiger partial charge in [-0.3, -0.25) is 4.79 Å². The van der Waals surface area contributed by atoms with Crippen LogP contribution in [0.15, 0.2) is 0 Å². The molecule has 1 heterocycles. The molecule has 1 aliphatic heterocycles. The molecule has 4 aliphatic rings. The van der Waals surface area contributed by atoms with Crippen LogP contribution in [-0.4, -0.2) is 35.8 Å². The van der Waals surface area contributed by atoms with Crippen LogP contribution in [0.2, 0.25) is 0 Å². The number of nitrogens with two attached hydrogens (primary N) is 1. The highest BCUT2D eigenvalue weighted by atomic mass is 16.7. The maximum absolute atomic E-state index is 10.6. The normalized spacial score (nSPS) is 41.3. The molecule has 4 rings (SSSR count). The molecule has 0 unspecified atom stereocenters. The smallest absolute Gasteiger partial charge is 0.475 e. The topological polar surface area (TPSA) is 81.8 Å². The highest BCUT2D eigenvalue weighted by Gasteiger charge is 2.68. The fraction of sp³-hybridized carbons (Fsp3) is 0.933. The molecular formula is C15H26BNO4. The Labute approximate surface area is 126 Å². The molecule has 1 saturated heterocycles. The second kappa shape index (κ2) is 4.96. The fourth-order valence-corrected chi connectivity index (χ4v) is 4.71. The Morgan fingerprint density at radius 3 is 2.76 bits per heavy atom. The minimum absolute atomic E-state index is 0.143. The molecule has 0 aromatic heterocycles. The third kappa shape index (κ3) is 2.32. The van der Waals surface area contributed by atoms with E-state index >= 15 is 0 Å². The molecule has 0 radical (unpaired) electrons. The summed E-state index contributed by atoms with van der Waals surface area (Å²) in [6, 6.07) is 0. The number of rotatable bonds is 5. The van der Waals surface area contributed by atoms with Crippen LogP contribution in [0.1, 0.15) is 52.9 Å². The van der Waals surface area contributed by atoms with E-state index in [4.69, 9.17) is 20.1 Å². The maximum atomic E-state index is 10.6. The van der Waals surface area contributed by atoms with E-state index in [9.17, 15) is 4.79 Å². The summed E-state index contributed by atoms with van der Waals surface area (Å²) < 4.78 is 12.4. The molecule has 5 atom stereocenters. The van der Waals surface area contributed by atoms with Crippen LogP contribution in [0.4, 0.5) is 0 Å². The van der Waals surface area contributed by atoms with Gasteiger partial charge in [0.15, 0.2) is 0 Å². The van der Waals surface area contributed by atoms with E-state index in [0.717, 1.165) is 12.3 Å². The Morgan fingerprint density at radius 1 is 1.43 bits per heavy atom. The quantitative estimate of drug-likeness (QED) is 0.756. The predicted molar refractivity (Wildman–Crippen MR) is 79.6 cm³/mol. The molecule has 3 N–H and O–H groups in total. The third-order valence-electron chi connectivity index (χ3n) is 6.25. The summed E-state index contributed by atoms with van der Waals surface area (Å²) in [6.45, 7) is 6.83. The van der Waals surface area contributed by atoms with Gasteiger partial charge < -0.3 is 20.1 Å². The molecule has 2 bridgehead atoms. The zero-order chi connectivity index (χ0) is 15.4. The summed E-state index contributed by atoms with van der Waals surface area (Å²) in [6.07, 6.45) is 3.77. The van der Waals surface area contributed by atoms with Gasteiger partial charge in [-0.25, -0.2) is 0 Å². The highest BCUT2D eigenvalue weighted by Crippen LogP contribution is 2.65. The van der Waals surface area contributed by atoms with Crippen molar-refractivity contribution in [2.45, 2.75) is 70.5 Å². The van der Waals surface area contributed by atoms with Gasteiger partial charge in [0.2, 0.25) is 0 Å². The van der Waals surface area contributed by atoms with Crippen molar-refractivity contribution in [3.8, 4) is 0 Å². The van der Waals surface area contributed by atoms with Crippen LogP contribution in [0, 0.1) is 17.3 Å². The summed E-state index contributed by atoms with van der Waals surface area (Å²) in [5, 5.41) is 8.70. The highest BCUT2D eigenvalue weighted by molar-refractivity contribution is 6.47. The van der Waals surface area contributed by atoms with Gasteiger partial charge in [-0.05, 0) is 49.9 Å². The molecule has 5 nitrogen and oxygen atoms in total. The van der Waals surface area contributed by atoms with Crippen molar-refractivity contribution in [1.82, 2.24) is 0 Å². The van der Waals surface area contributed by atoms with Gasteiger partial charge in [0.25, 0.3) is 0 Å². The SMILES string of the molecule is CC1(C)[C@@H]2C[C@H]3OB([C@@H](N)CCCC(=O)O)O[C@@]3(C)[C@H]1C2. The van der Waals surface area contributed by atoms with E-state index in [1.807, 2.05) is 0 Å². The van der Waals surface area contributed by atoms with Crippen LogP contribution >= 0.6 is 0 Å². The molecular weight excluding hydrogens is 269 g/mol. The van der Waals surface area contributed by atoms with Crippen molar-refractivity contribution < 1.29 is 19.2 Å². The lowest BCUT2D eigenvalue weighted by Gasteiger charge is -2.64. The van der Waals surface area contributed by atoms with Gasteiger partial charge in [-0.1, -0.05) is 13.8 Å². The lowest BCUT2D eigenvalue weighted by Crippen LogP contribution is -2.65. The average molecular weight is 295 g/mol. The van der Waals surface area contributed by atoms with Crippen LogP contribution in [-0.2, 0) is 14.1 Å². The van der Waals surface area contributed by atoms with Crippen molar-refractivity contribution in [1.29, 1.82) is 0 Å². The Balaban J connectivity index is 1.61. The van der Waals surface area contributed by atoms with Crippen LogP contribution in [0.5, 0.6) is 0 Å². The summed E-state index contributed by atoms with van der Waals surface area (Å²) in [5.74, 6) is 0.238. The van der Waals surface area contributed by atoms with E-state index < -0.39 is 5.97 Å². The van der Waals surface area contributed by atoms with E-state index in [2.05, 4.69) is 20.8 Å². The lowest BCUT2D eigenvalue weighted by molar-refractivity contribution is -0.199. The number of carboxylic acid groups (broad SMARTS) is 1.